The Labute approximate surface area is 136 Å². The second kappa shape index (κ2) is 9.17. The zero-order chi connectivity index (χ0) is 16.8. The molecule has 0 aromatic carbocycles. The molecule has 0 radical (unpaired) electrons. The molecule has 22 heavy (non-hydrogen) atoms. The molecule has 0 saturated carbocycles. The van der Waals surface area contributed by atoms with Gasteiger partial charge in [-0.05, 0) is 58.8 Å². The van der Waals surface area contributed by atoms with Gasteiger partial charge in [-0.1, -0.05) is 0 Å². The SMILES string of the molecule is C[C@@H](O)CN1CCC(CN(C)CCCS(=O)(=O)N(C)C)CC1. The van der Waals surface area contributed by atoms with Crippen LogP contribution in [0.15, 0.2) is 0 Å². The van der Waals surface area contributed by atoms with Crippen LogP contribution < -0.4 is 0 Å². The number of piperidine rings is 1. The molecule has 1 fully saturated rings. The minimum absolute atomic E-state index is 0.219. The first-order valence-electron chi connectivity index (χ1n) is 8.20. The van der Waals surface area contributed by atoms with E-state index >= 15 is 0 Å². The average Bonchev–Trinajstić information content (AvgIpc) is 2.40. The lowest BCUT2D eigenvalue weighted by atomic mass is 9.96. The molecule has 6 nitrogen and oxygen atoms in total. The van der Waals surface area contributed by atoms with Crippen molar-refractivity contribution in [1.82, 2.24) is 14.1 Å². The van der Waals surface area contributed by atoms with Crippen molar-refractivity contribution < 1.29 is 13.5 Å². The molecule has 0 amide bonds. The molecule has 7 heteroatoms. The summed E-state index contributed by atoms with van der Waals surface area (Å²) < 4.78 is 24.7. The number of aliphatic hydroxyl groups is 1. The Morgan fingerprint density at radius 2 is 1.82 bits per heavy atom. The Bertz CT molecular complexity index is 404. The molecule has 0 spiro atoms. The molecule has 1 N–H and O–H groups in total. The summed E-state index contributed by atoms with van der Waals surface area (Å²) in [6, 6.07) is 0. The molecule has 0 unspecified atom stereocenters. The largest absolute Gasteiger partial charge is 0.392 e. The van der Waals surface area contributed by atoms with Crippen LogP contribution in [0.25, 0.3) is 0 Å². The van der Waals surface area contributed by atoms with E-state index in [1.54, 1.807) is 14.1 Å². The summed E-state index contributed by atoms with van der Waals surface area (Å²) in [6.45, 7) is 6.56. The molecule has 1 aliphatic rings. The molecular weight excluding hydrogens is 302 g/mol. The highest BCUT2D eigenvalue weighted by atomic mass is 32.2. The highest BCUT2D eigenvalue weighted by molar-refractivity contribution is 7.89. The maximum Gasteiger partial charge on any atom is 0.213 e. The second-order valence-electron chi connectivity index (χ2n) is 6.81. The molecule has 0 aliphatic carbocycles. The van der Waals surface area contributed by atoms with Crippen molar-refractivity contribution in [3.8, 4) is 0 Å². The molecule has 0 aromatic heterocycles. The van der Waals surface area contributed by atoms with E-state index in [1.165, 1.54) is 4.31 Å². The standard InChI is InChI=1S/C15H33N3O3S/c1-14(19)12-18-9-6-15(7-10-18)13-17(4)8-5-11-22(20,21)16(2)3/h14-15,19H,5-13H2,1-4H3/t14-/m1/s1. The first-order valence-corrected chi connectivity index (χ1v) is 9.81. The summed E-state index contributed by atoms with van der Waals surface area (Å²) in [6.07, 6.45) is 2.75. The normalized spacial score (nSPS) is 20.0. The van der Waals surface area contributed by atoms with E-state index in [-0.39, 0.29) is 11.9 Å². The van der Waals surface area contributed by atoms with Crippen LogP contribution in [-0.4, -0.2) is 93.4 Å². The van der Waals surface area contributed by atoms with Gasteiger partial charge in [0.15, 0.2) is 0 Å². The predicted molar refractivity (Wildman–Crippen MR) is 90.4 cm³/mol. The van der Waals surface area contributed by atoms with Gasteiger partial charge in [-0.3, -0.25) is 0 Å². The molecule has 1 rings (SSSR count). The highest BCUT2D eigenvalue weighted by Crippen LogP contribution is 2.18. The lowest BCUT2D eigenvalue weighted by Gasteiger charge is -2.34. The van der Waals surface area contributed by atoms with Crippen LogP contribution in [0.3, 0.4) is 0 Å². The van der Waals surface area contributed by atoms with Crippen LogP contribution in [0.2, 0.25) is 0 Å². The van der Waals surface area contributed by atoms with Gasteiger partial charge in [0.05, 0.1) is 11.9 Å². The monoisotopic (exact) mass is 335 g/mol. The number of aliphatic hydroxyl groups excluding tert-OH is 1. The maximum absolute atomic E-state index is 11.7. The molecular formula is C15H33N3O3S. The van der Waals surface area contributed by atoms with Crippen LogP contribution in [0, 0.1) is 5.92 Å². The summed E-state index contributed by atoms with van der Waals surface area (Å²) >= 11 is 0. The summed E-state index contributed by atoms with van der Waals surface area (Å²) in [4.78, 5) is 4.57. The maximum atomic E-state index is 11.7. The van der Waals surface area contributed by atoms with Gasteiger partial charge >= 0.3 is 0 Å². The lowest BCUT2D eigenvalue weighted by molar-refractivity contribution is 0.0926. The van der Waals surface area contributed by atoms with Crippen LogP contribution in [0.5, 0.6) is 0 Å². The molecule has 1 atom stereocenters. The fourth-order valence-corrected chi connectivity index (χ4v) is 3.82. The van der Waals surface area contributed by atoms with Gasteiger partial charge in [0.1, 0.15) is 0 Å². The second-order valence-corrected chi connectivity index (χ2v) is 9.11. The quantitative estimate of drug-likeness (QED) is 0.656. The lowest BCUT2D eigenvalue weighted by Crippen LogP contribution is -2.40. The van der Waals surface area contributed by atoms with Gasteiger partial charge in [-0.25, -0.2) is 12.7 Å². The van der Waals surface area contributed by atoms with E-state index in [1.807, 2.05) is 6.92 Å². The number of sulfonamides is 1. The van der Waals surface area contributed by atoms with Gasteiger partial charge in [0.2, 0.25) is 10.0 Å². The third-order valence-corrected chi connectivity index (χ3v) is 6.22. The summed E-state index contributed by atoms with van der Waals surface area (Å²) in [5, 5.41) is 9.42. The van der Waals surface area contributed by atoms with Crippen LogP contribution in [0.4, 0.5) is 0 Å². The minimum atomic E-state index is -3.07. The number of hydrogen-bond acceptors (Lipinski definition) is 5. The molecule has 1 aliphatic heterocycles. The van der Waals surface area contributed by atoms with Crippen LogP contribution in [0.1, 0.15) is 26.2 Å². The molecule has 1 saturated heterocycles. The van der Waals surface area contributed by atoms with Gasteiger partial charge in [-0.15, -0.1) is 0 Å². The Balaban J connectivity index is 2.20. The Kier molecular flexibility index (Phi) is 8.27. The first-order chi connectivity index (χ1) is 10.2. The van der Waals surface area contributed by atoms with Crippen molar-refractivity contribution in [1.29, 1.82) is 0 Å². The fraction of sp³-hybridized carbons (Fsp3) is 1.00. The number of hydrogen-bond donors (Lipinski definition) is 1. The van der Waals surface area contributed by atoms with Gasteiger partial charge in [0, 0.05) is 27.2 Å². The highest BCUT2D eigenvalue weighted by Gasteiger charge is 2.21. The number of β-amino-alcohol motifs (C(OH)–C–C–N with tert-alkyl or cyclic N) is 1. The third-order valence-electron chi connectivity index (χ3n) is 4.30. The van der Waals surface area contributed by atoms with E-state index in [4.69, 9.17) is 0 Å². The number of rotatable bonds is 9. The topological polar surface area (TPSA) is 64.1 Å². The number of nitrogens with zero attached hydrogens (tertiary/aromatic N) is 3. The smallest absolute Gasteiger partial charge is 0.213 e. The Hall–Kier alpha value is -0.210. The van der Waals surface area contributed by atoms with Gasteiger partial charge < -0.3 is 14.9 Å². The Morgan fingerprint density at radius 1 is 1.23 bits per heavy atom. The van der Waals surface area contributed by atoms with E-state index in [2.05, 4.69) is 16.8 Å². The van der Waals surface area contributed by atoms with Crippen LogP contribution in [-0.2, 0) is 10.0 Å². The van der Waals surface area contributed by atoms with E-state index < -0.39 is 10.0 Å². The van der Waals surface area contributed by atoms with E-state index in [9.17, 15) is 13.5 Å². The van der Waals surface area contributed by atoms with Crippen molar-refractivity contribution in [2.75, 3.05) is 59.6 Å². The molecule has 0 bridgehead atoms. The van der Waals surface area contributed by atoms with Crippen molar-refractivity contribution in [3.05, 3.63) is 0 Å². The summed E-state index contributed by atoms with van der Waals surface area (Å²) in [7, 11) is 2.17. The van der Waals surface area contributed by atoms with Gasteiger partial charge in [-0.2, -0.15) is 0 Å². The molecule has 132 valence electrons. The Morgan fingerprint density at radius 3 is 2.32 bits per heavy atom. The van der Waals surface area contributed by atoms with Crippen molar-refractivity contribution in [2.45, 2.75) is 32.3 Å². The zero-order valence-corrected chi connectivity index (χ0v) is 15.3. The fourth-order valence-electron chi connectivity index (χ4n) is 2.96. The van der Waals surface area contributed by atoms with Crippen molar-refractivity contribution in [3.63, 3.8) is 0 Å². The van der Waals surface area contributed by atoms with Crippen molar-refractivity contribution >= 4 is 10.0 Å². The minimum Gasteiger partial charge on any atom is -0.392 e. The summed E-state index contributed by atoms with van der Waals surface area (Å²) in [5.41, 5.74) is 0. The van der Waals surface area contributed by atoms with Crippen molar-refractivity contribution in [2.24, 2.45) is 5.92 Å². The predicted octanol–water partition coefficient (Wildman–Crippen LogP) is 0.293. The van der Waals surface area contributed by atoms with Crippen LogP contribution >= 0.6 is 0 Å². The summed E-state index contributed by atoms with van der Waals surface area (Å²) in [5.74, 6) is 0.901. The van der Waals surface area contributed by atoms with E-state index in [0.717, 1.165) is 45.6 Å². The third kappa shape index (κ3) is 7.37. The molecule has 1 heterocycles. The molecule has 0 aromatic rings. The number of likely N-dealkylation sites (tertiary alicyclic amines) is 1. The first kappa shape index (κ1) is 19.8. The zero-order valence-electron chi connectivity index (χ0n) is 14.5. The van der Waals surface area contributed by atoms with Gasteiger partial charge in [0.25, 0.3) is 0 Å². The van der Waals surface area contributed by atoms with E-state index in [0.29, 0.717) is 12.3 Å². The average molecular weight is 336 g/mol.